The molecule has 19 heavy (non-hydrogen) atoms. The number of rotatable bonds is 6. The maximum atomic E-state index is 12.0. The Morgan fingerprint density at radius 1 is 1.21 bits per heavy atom. The number of fused-ring (bicyclic) bond motifs is 1. The Morgan fingerprint density at radius 3 is 2.21 bits per heavy atom. The van der Waals surface area contributed by atoms with E-state index >= 15 is 0 Å². The van der Waals surface area contributed by atoms with E-state index in [4.69, 9.17) is 9.05 Å². The Bertz CT molecular complexity index is 479. The molecule has 1 aliphatic rings. The van der Waals surface area contributed by atoms with Crippen molar-refractivity contribution in [3.63, 3.8) is 0 Å². The summed E-state index contributed by atoms with van der Waals surface area (Å²) in [5, 5.41) is 0. The van der Waals surface area contributed by atoms with Crippen LogP contribution in [-0.4, -0.2) is 26.2 Å². The molecule has 0 aromatic heterocycles. The van der Waals surface area contributed by atoms with Crippen LogP contribution in [0.15, 0.2) is 24.3 Å². The fourth-order valence-corrected chi connectivity index (χ4v) is 3.57. The molecule has 0 atom stereocenters. The zero-order chi connectivity index (χ0) is 13.9. The Kier molecular flexibility index (Phi) is 4.56. The summed E-state index contributed by atoms with van der Waals surface area (Å²) in [6, 6.07) is 8.25. The monoisotopic (exact) mass is 282 g/mol. The highest BCUT2D eigenvalue weighted by Gasteiger charge is 2.29. The van der Waals surface area contributed by atoms with E-state index in [0.717, 1.165) is 12.8 Å². The number of hydrogen-bond donors (Lipinski definition) is 0. The summed E-state index contributed by atoms with van der Waals surface area (Å²) in [6.07, 6.45) is 2.15. The third kappa shape index (κ3) is 3.53. The van der Waals surface area contributed by atoms with E-state index in [2.05, 4.69) is 12.1 Å². The van der Waals surface area contributed by atoms with Gasteiger partial charge in [0.15, 0.2) is 0 Å². The van der Waals surface area contributed by atoms with E-state index in [1.54, 1.807) is 0 Å². The van der Waals surface area contributed by atoms with Gasteiger partial charge >= 0.3 is 7.60 Å². The molecule has 0 bridgehead atoms. The smallest absolute Gasteiger partial charge is 0.312 e. The molecule has 0 spiro atoms. The lowest BCUT2D eigenvalue weighted by molar-refractivity contribution is -0.117. The van der Waals surface area contributed by atoms with E-state index in [1.165, 1.54) is 25.3 Å². The molecule has 4 nitrogen and oxygen atoms in total. The van der Waals surface area contributed by atoms with Crippen molar-refractivity contribution in [1.82, 2.24) is 0 Å². The fraction of sp³-hybridized carbons (Fsp3) is 0.500. The van der Waals surface area contributed by atoms with Crippen LogP contribution in [0.5, 0.6) is 0 Å². The van der Waals surface area contributed by atoms with Gasteiger partial charge in [-0.3, -0.25) is 9.36 Å². The molecule has 0 radical (unpaired) electrons. The van der Waals surface area contributed by atoms with Gasteiger partial charge in [-0.25, -0.2) is 0 Å². The number of carbonyl (C=O) groups is 1. The molecule has 0 unspecified atom stereocenters. The molecule has 1 aromatic rings. The lowest BCUT2D eigenvalue weighted by Crippen LogP contribution is -2.13. The normalized spacial score (nSPS) is 15.5. The first-order valence-corrected chi connectivity index (χ1v) is 8.08. The van der Waals surface area contributed by atoms with Crippen molar-refractivity contribution in [3.05, 3.63) is 35.4 Å². The molecule has 0 saturated heterocycles. The zero-order valence-electron chi connectivity index (χ0n) is 11.3. The van der Waals surface area contributed by atoms with Crippen LogP contribution in [-0.2, 0) is 31.2 Å². The molecular formula is C14H19O4P. The van der Waals surface area contributed by atoms with Crippen molar-refractivity contribution >= 4 is 13.4 Å². The first-order valence-electron chi connectivity index (χ1n) is 6.35. The molecule has 0 N–H and O–H groups in total. The number of ketones is 1. The standard InChI is InChI=1S/C14H19O4P/c1-17-19(16,18-2)10-14(15)9-11-7-12-5-3-4-6-13(12)8-11/h3-6,11H,7-10H2,1-2H3. The van der Waals surface area contributed by atoms with Crippen LogP contribution in [0.2, 0.25) is 0 Å². The molecule has 2 rings (SSSR count). The molecule has 0 saturated carbocycles. The highest BCUT2D eigenvalue weighted by Crippen LogP contribution is 2.46. The summed E-state index contributed by atoms with van der Waals surface area (Å²) in [4.78, 5) is 12.0. The molecular weight excluding hydrogens is 263 g/mol. The van der Waals surface area contributed by atoms with Gasteiger partial charge in [0, 0.05) is 20.6 Å². The van der Waals surface area contributed by atoms with Crippen molar-refractivity contribution in [2.45, 2.75) is 19.3 Å². The Labute approximate surface area is 113 Å². The van der Waals surface area contributed by atoms with Crippen molar-refractivity contribution < 1.29 is 18.4 Å². The van der Waals surface area contributed by atoms with Gasteiger partial charge in [-0.1, -0.05) is 24.3 Å². The van der Waals surface area contributed by atoms with Gasteiger partial charge in [0.25, 0.3) is 0 Å². The summed E-state index contributed by atoms with van der Waals surface area (Å²) in [5.74, 6) is 0.261. The molecule has 5 heteroatoms. The SMILES string of the molecule is COP(=O)(CC(=O)CC1Cc2ccccc2C1)OC. The van der Waals surface area contributed by atoms with Crippen LogP contribution in [0.1, 0.15) is 17.5 Å². The topological polar surface area (TPSA) is 52.6 Å². The van der Waals surface area contributed by atoms with Crippen LogP contribution in [0.3, 0.4) is 0 Å². The van der Waals surface area contributed by atoms with Gasteiger partial charge in [-0.2, -0.15) is 0 Å². The third-order valence-corrected chi connectivity index (χ3v) is 5.43. The highest BCUT2D eigenvalue weighted by molar-refractivity contribution is 7.54. The maximum Gasteiger partial charge on any atom is 0.337 e. The molecule has 1 aromatic carbocycles. The second-order valence-electron chi connectivity index (χ2n) is 4.92. The first-order chi connectivity index (χ1) is 9.06. The second-order valence-corrected chi connectivity index (χ2v) is 7.19. The van der Waals surface area contributed by atoms with Crippen molar-refractivity contribution in [1.29, 1.82) is 0 Å². The lowest BCUT2D eigenvalue weighted by atomic mass is 10.0. The number of Topliss-reactive ketones (excluding diaryl/α,β-unsaturated/α-hetero) is 1. The van der Waals surface area contributed by atoms with E-state index < -0.39 is 7.60 Å². The minimum atomic E-state index is -3.22. The Hall–Kier alpha value is -0.960. The predicted octanol–water partition coefficient (Wildman–Crippen LogP) is 2.85. The van der Waals surface area contributed by atoms with Crippen LogP contribution >= 0.6 is 7.60 Å². The van der Waals surface area contributed by atoms with Gasteiger partial charge in [-0.05, 0) is 29.9 Å². The van der Waals surface area contributed by atoms with Gasteiger partial charge < -0.3 is 9.05 Å². The average Bonchev–Trinajstić information content (AvgIpc) is 2.80. The minimum Gasteiger partial charge on any atom is -0.312 e. The summed E-state index contributed by atoms with van der Waals surface area (Å²) in [6.45, 7) is 0. The second kappa shape index (κ2) is 6.00. The number of benzene rings is 1. The van der Waals surface area contributed by atoms with Gasteiger partial charge in [0.1, 0.15) is 11.9 Å². The van der Waals surface area contributed by atoms with Gasteiger partial charge in [0.05, 0.1) is 0 Å². The maximum absolute atomic E-state index is 12.0. The van der Waals surface area contributed by atoms with Crippen molar-refractivity contribution in [2.24, 2.45) is 5.92 Å². The molecule has 1 aliphatic carbocycles. The lowest BCUT2D eigenvalue weighted by Gasteiger charge is -2.14. The number of carbonyl (C=O) groups excluding carboxylic acids is 1. The van der Waals surface area contributed by atoms with E-state index in [9.17, 15) is 9.36 Å². The minimum absolute atomic E-state index is 0.0511. The first kappa shape index (κ1) is 14.4. The van der Waals surface area contributed by atoms with E-state index in [0.29, 0.717) is 12.3 Å². The van der Waals surface area contributed by atoms with E-state index in [1.807, 2.05) is 12.1 Å². The van der Waals surface area contributed by atoms with Crippen LogP contribution in [0.25, 0.3) is 0 Å². The Morgan fingerprint density at radius 2 is 1.74 bits per heavy atom. The zero-order valence-corrected chi connectivity index (χ0v) is 12.2. The molecule has 0 amide bonds. The molecule has 104 valence electrons. The highest BCUT2D eigenvalue weighted by atomic mass is 31.2. The quantitative estimate of drug-likeness (QED) is 0.753. The number of hydrogen-bond acceptors (Lipinski definition) is 4. The van der Waals surface area contributed by atoms with Gasteiger partial charge in [-0.15, -0.1) is 0 Å². The predicted molar refractivity (Wildman–Crippen MR) is 73.5 cm³/mol. The van der Waals surface area contributed by atoms with Crippen LogP contribution in [0, 0.1) is 5.92 Å². The summed E-state index contributed by atoms with van der Waals surface area (Å²) < 4.78 is 21.5. The average molecular weight is 282 g/mol. The summed E-state index contributed by atoms with van der Waals surface area (Å²) in [5.41, 5.74) is 2.64. The molecule has 0 aliphatic heterocycles. The van der Waals surface area contributed by atoms with Crippen LogP contribution < -0.4 is 0 Å². The largest absolute Gasteiger partial charge is 0.337 e. The van der Waals surface area contributed by atoms with Gasteiger partial charge in [0.2, 0.25) is 0 Å². The third-order valence-electron chi connectivity index (χ3n) is 3.58. The van der Waals surface area contributed by atoms with E-state index in [-0.39, 0.29) is 11.9 Å². The summed E-state index contributed by atoms with van der Waals surface area (Å²) >= 11 is 0. The molecule has 0 heterocycles. The van der Waals surface area contributed by atoms with Crippen molar-refractivity contribution in [3.8, 4) is 0 Å². The molecule has 0 fully saturated rings. The van der Waals surface area contributed by atoms with Crippen molar-refractivity contribution in [2.75, 3.05) is 20.4 Å². The fourth-order valence-electron chi connectivity index (χ4n) is 2.60. The van der Waals surface area contributed by atoms with Crippen LogP contribution in [0.4, 0.5) is 0 Å². The Balaban J connectivity index is 1.90. The summed E-state index contributed by atoms with van der Waals surface area (Å²) in [7, 11) is -0.600.